The lowest BCUT2D eigenvalue weighted by atomic mass is 10.2. The van der Waals surface area contributed by atoms with E-state index in [4.69, 9.17) is 10.2 Å². The van der Waals surface area contributed by atoms with E-state index in [0.29, 0.717) is 0 Å². The summed E-state index contributed by atoms with van der Waals surface area (Å²) in [6.45, 7) is 0. The quantitative estimate of drug-likeness (QED) is 0.644. The molecule has 0 saturated heterocycles. The van der Waals surface area contributed by atoms with Gasteiger partial charge in [0.25, 0.3) is 0 Å². The van der Waals surface area contributed by atoms with E-state index < -0.39 is 46.0 Å². The standard InChI is InChI=1S/C12H14FNO6S/c13-9-3-1-8(2-4-9)7-21(19,20)14-10(12(17)18)5-6-11(15)16/h1-4,10,14H,5-7H2,(H,15,16)(H,17,18)/t10-/m0/s1. The predicted octanol–water partition coefficient (Wildman–Crippen LogP) is 0.563. The van der Waals surface area contributed by atoms with Gasteiger partial charge in [-0.15, -0.1) is 0 Å². The Morgan fingerprint density at radius 3 is 2.24 bits per heavy atom. The third-order valence-electron chi connectivity index (χ3n) is 2.54. The molecule has 116 valence electrons. The summed E-state index contributed by atoms with van der Waals surface area (Å²) < 4.78 is 38.3. The van der Waals surface area contributed by atoms with Crippen LogP contribution in [-0.2, 0) is 25.4 Å². The van der Waals surface area contributed by atoms with E-state index in [1.807, 2.05) is 4.72 Å². The van der Waals surface area contributed by atoms with Crippen LogP contribution in [0.1, 0.15) is 18.4 Å². The Morgan fingerprint density at radius 1 is 1.19 bits per heavy atom. The van der Waals surface area contributed by atoms with E-state index in [1.54, 1.807) is 0 Å². The fraction of sp³-hybridized carbons (Fsp3) is 0.333. The first-order valence-corrected chi connectivity index (χ1v) is 7.54. The number of carboxylic acid groups (broad SMARTS) is 2. The Morgan fingerprint density at radius 2 is 1.76 bits per heavy atom. The van der Waals surface area contributed by atoms with Crippen LogP contribution < -0.4 is 4.72 Å². The summed E-state index contributed by atoms with van der Waals surface area (Å²) in [6, 6.07) is 3.18. The lowest BCUT2D eigenvalue weighted by molar-refractivity contribution is -0.140. The molecule has 1 atom stereocenters. The minimum atomic E-state index is -3.99. The van der Waals surface area contributed by atoms with Crippen LogP contribution in [0.25, 0.3) is 0 Å². The lowest BCUT2D eigenvalue weighted by Crippen LogP contribution is -2.41. The van der Waals surface area contributed by atoms with E-state index in [-0.39, 0.29) is 12.0 Å². The number of carbonyl (C=O) groups is 2. The summed E-state index contributed by atoms with van der Waals surface area (Å²) in [5, 5.41) is 17.4. The van der Waals surface area contributed by atoms with Crippen molar-refractivity contribution in [2.24, 2.45) is 0 Å². The molecular formula is C12H14FNO6S. The molecule has 0 aliphatic rings. The van der Waals surface area contributed by atoms with Crippen molar-refractivity contribution in [1.82, 2.24) is 4.72 Å². The maximum atomic E-state index is 12.7. The summed E-state index contributed by atoms with van der Waals surface area (Å²) in [7, 11) is -3.99. The molecule has 9 heteroatoms. The number of carboxylic acids is 2. The number of rotatable bonds is 8. The molecule has 0 unspecified atom stereocenters. The van der Waals surface area contributed by atoms with Crippen LogP contribution in [-0.4, -0.2) is 36.6 Å². The monoisotopic (exact) mass is 319 g/mol. The minimum absolute atomic E-state index is 0.284. The highest BCUT2D eigenvalue weighted by molar-refractivity contribution is 7.88. The van der Waals surface area contributed by atoms with Crippen molar-refractivity contribution in [2.45, 2.75) is 24.6 Å². The van der Waals surface area contributed by atoms with Gasteiger partial charge in [0.05, 0.1) is 5.75 Å². The number of hydrogen-bond donors (Lipinski definition) is 3. The molecule has 0 aromatic heterocycles. The zero-order chi connectivity index (χ0) is 16.0. The van der Waals surface area contributed by atoms with E-state index in [0.717, 1.165) is 12.1 Å². The summed E-state index contributed by atoms with van der Waals surface area (Å²) in [6.07, 6.45) is -0.844. The van der Waals surface area contributed by atoms with E-state index in [1.165, 1.54) is 12.1 Å². The van der Waals surface area contributed by atoms with Crippen LogP contribution in [0.4, 0.5) is 4.39 Å². The second kappa shape index (κ2) is 7.14. The molecule has 0 saturated carbocycles. The Hall–Kier alpha value is -2.00. The zero-order valence-electron chi connectivity index (χ0n) is 10.8. The SMILES string of the molecule is O=C(O)CC[C@H](NS(=O)(=O)Cc1ccc(F)cc1)C(=O)O. The molecule has 0 aliphatic carbocycles. The maximum Gasteiger partial charge on any atom is 0.321 e. The maximum absolute atomic E-state index is 12.7. The van der Waals surface area contributed by atoms with Gasteiger partial charge in [0, 0.05) is 6.42 Å². The number of hydrogen-bond acceptors (Lipinski definition) is 4. The summed E-state index contributed by atoms with van der Waals surface area (Å²) in [4.78, 5) is 21.3. The molecule has 7 nitrogen and oxygen atoms in total. The van der Waals surface area contributed by atoms with Crippen LogP contribution in [0.3, 0.4) is 0 Å². The van der Waals surface area contributed by atoms with Gasteiger partial charge in [0.15, 0.2) is 0 Å². The van der Waals surface area contributed by atoms with Crippen molar-refractivity contribution in [2.75, 3.05) is 0 Å². The minimum Gasteiger partial charge on any atom is -0.481 e. The predicted molar refractivity (Wildman–Crippen MR) is 70.5 cm³/mol. The first-order chi connectivity index (χ1) is 9.69. The number of benzene rings is 1. The van der Waals surface area contributed by atoms with Crippen LogP contribution >= 0.6 is 0 Å². The smallest absolute Gasteiger partial charge is 0.321 e. The Balaban J connectivity index is 2.74. The largest absolute Gasteiger partial charge is 0.481 e. The Kier molecular flexibility index (Phi) is 5.79. The van der Waals surface area contributed by atoms with Crippen molar-refractivity contribution >= 4 is 22.0 Å². The van der Waals surface area contributed by atoms with E-state index in [9.17, 15) is 22.4 Å². The second-order valence-corrected chi connectivity index (χ2v) is 6.08. The van der Waals surface area contributed by atoms with Gasteiger partial charge in [-0.25, -0.2) is 17.5 Å². The molecule has 1 aromatic rings. The van der Waals surface area contributed by atoms with Crippen molar-refractivity contribution in [3.05, 3.63) is 35.6 Å². The van der Waals surface area contributed by atoms with Crippen molar-refractivity contribution in [3.8, 4) is 0 Å². The third kappa shape index (κ3) is 6.32. The fourth-order valence-electron chi connectivity index (χ4n) is 1.56. The lowest BCUT2D eigenvalue weighted by Gasteiger charge is -2.13. The Bertz CT molecular complexity index is 613. The van der Waals surface area contributed by atoms with Gasteiger partial charge in [-0.3, -0.25) is 9.59 Å². The van der Waals surface area contributed by atoms with Gasteiger partial charge in [0.1, 0.15) is 11.9 Å². The molecule has 0 radical (unpaired) electrons. The highest BCUT2D eigenvalue weighted by Gasteiger charge is 2.24. The van der Waals surface area contributed by atoms with Crippen LogP contribution in [0, 0.1) is 5.82 Å². The average Bonchev–Trinajstić information content (AvgIpc) is 2.36. The topological polar surface area (TPSA) is 121 Å². The second-order valence-electron chi connectivity index (χ2n) is 4.33. The number of halogens is 1. The van der Waals surface area contributed by atoms with Gasteiger partial charge in [-0.05, 0) is 24.1 Å². The molecule has 0 heterocycles. The number of nitrogens with one attached hydrogen (secondary N) is 1. The van der Waals surface area contributed by atoms with E-state index >= 15 is 0 Å². The molecule has 21 heavy (non-hydrogen) atoms. The summed E-state index contributed by atoms with van der Waals surface area (Å²) in [5.41, 5.74) is 0.284. The van der Waals surface area contributed by atoms with Crippen LogP contribution in [0.15, 0.2) is 24.3 Å². The van der Waals surface area contributed by atoms with Gasteiger partial charge in [-0.1, -0.05) is 12.1 Å². The normalized spacial score (nSPS) is 12.8. The average molecular weight is 319 g/mol. The molecule has 1 rings (SSSR count). The van der Waals surface area contributed by atoms with Gasteiger partial charge in [-0.2, -0.15) is 0 Å². The van der Waals surface area contributed by atoms with E-state index in [2.05, 4.69) is 0 Å². The Labute approximate surface area is 120 Å². The summed E-state index contributed by atoms with van der Waals surface area (Å²) >= 11 is 0. The van der Waals surface area contributed by atoms with Crippen molar-refractivity contribution in [1.29, 1.82) is 0 Å². The van der Waals surface area contributed by atoms with Crippen LogP contribution in [0.2, 0.25) is 0 Å². The fourth-order valence-corrected chi connectivity index (χ4v) is 2.93. The molecule has 0 aliphatic heterocycles. The third-order valence-corrected chi connectivity index (χ3v) is 3.89. The van der Waals surface area contributed by atoms with Gasteiger partial charge < -0.3 is 10.2 Å². The molecule has 0 spiro atoms. The molecule has 0 amide bonds. The first-order valence-electron chi connectivity index (χ1n) is 5.88. The molecule has 0 bridgehead atoms. The number of aliphatic carboxylic acids is 2. The number of sulfonamides is 1. The van der Waals surface area contributed by atoms with Crippen molar-refractivity contribution in [3.63, 3.8) is 0 Å². The van der Waals surface area contributed by atoms with Crippen molar-refractivity contribution < 1.29 is 32.6 Å². The highest BCUT2D eigenvalue weighted by atomic mass is 32.2. The molecular weight excluding hydrogens is 305 g/mol. The molecule has 3 N–H and O–H groups in total. The van der Waals surface area contributed by atoms with Gasteiger partial charge in [0.2, 0.25) is 10.0 Å². The highest BCUT2D eigenvalue weighted by Crippen LogP contribution is 2.08. The first kappa shape index (κ1) is 17.1. The zero-order valence-corrected chi connectivity index (χ0v) is 11.6. The van der Waals surface area contributed by atoms with Crippen LogP contribution in [0.5, 0.6) is 0 Å². The molecule has 1 aromatic carbocycles. The van der Waals surface area contributed by atoms with Gasteiger partial charge >= 0.3 is 11.9 Å². The molecule has 0 fully saturated rings. The summed E-state index contributed by atoms with van der Waals surface area (Å²) in [5.74, 6) is -3.73.